The van der Waals surface area contributed by atoms with Crippen LogP contribution in [0, 0.1) is 0 Å². The summed E-state index contributed by atoms with van der Waals surface area (Å²) in [5.41, 5.74) is 0. The number of ether oxygens (including phenoxy) is 1. The van der Waals surface area contributed by atoms with Crippen LogP contribution in [0.25, 0.3) is 0 Å². The molecule has 0 unspecified atom stereocenters. The maximum absolute atomic E-state index is 13.8. The first-order valence-electron chi connectivity index (χ1n) is 8.52. The minimum atomic E-state index is -9.09. The number of hydrogen-bond acceptors (Lipinski definition) is 4. The Morgan fingerprint density at radius 3 is 1.20 bits per heavy atom. The molecule has 40 heavy (non-hydrogen) atoms. The molecule has 0 fully saturated rings. The monoisotopic (exact) mass is 664 g/mol. The van der Waals surface area contributed by atoms with E-state index in [2.05, 4.69) is 4.74 Å². The van der Waals surface area contributed by atoms with E-state index in [9.17, 15) is 96.4 Å². The molecule has 0 heterocycles. The van der Waals surface area contributed by atoms with Crippen molar-refractivity contribution in [2.75, 3.05) is 0 Å². The molecule has 0 saturated carbocycles. The quantitative estimate of drug-likeness (QED) is 0.218. The van der Waals surface area contributed by atoms with Crippen molar-refractivity contribution < 1.29 is 131 Å². The van der Waals surface area contributed by atoms with E-state index in [0.717, 1.165) is 0 Å². The van der Waals surface area contributed by atoms with Crippen molar-refractivity contribution in [3.63, 3.8) is 0 Å². The molecule has 0 aliphatic heterocycles. The van der Waals surface area contributed by atoms with Crippen LogP contribution < -0.4 is 34.3 Å². The normalized spacial score (nSPS) is 15.5. The Kier molecular flexibility index (Phi) is 10.0. The maximum atomic E-state index is 13.8. The van der Waals surface area contributed by atoms with Gasteiger partial charge in [0.05, 0.1) is 4.90 Å². The summed E-state index contributed by atoms with van der Waals surface area (Å²) in [5, 5.41) is 0. The van der Waals surface area contributed by atoms with Gasteiger partial charge in [-0.15, -0.1) is 0 Å². The average molecular weight is 664 g/mol. The molecule has 1 aromatic carbocycles. The second kappa shape index (κ2) is 10.4. The van der Waals surface area contributed by atoms with Gasteiger partial charge < -0.3 is 9.29 Å². The Bertz CT molecular complexity index is 1180. The van der Waals surface area contributed by atoms with Crippen LogP contribution in [0.3, 0.4) is 0 Å². The van der Waals surface area contributed by atoms with Crippen LogP contribution in [0.5, 0.6) is 5.75 Å². The van der Waals surface area contributed by atoms with Gasteiger partial charge in [-0.2, -0.15) is 83.4 Å². The summed E-state index contributed by atoms with van der Waals surface area (Å²) in [7, 11) is -5.67. The van der Waals surface area contributed by atoms with Crippen molar-refractivity contribution in [3.8, 4) is 5.75 Å². The number of alkyl halides is 19. The first kappa shape index (κ1) is 38.6. The van der Waals surface area contributed by atoms with Gasteiger partial charge in [-0.05, 0) is 18.2 Å². The van der Waals surface area contributed by atoms with Crippen LogP contribution >= 0.6 is 0 Å². The molecule has 0 aliphatic carbocycles. The van der Waals surface area contributed by atoms with Gasteiger partial charge in [0.2, 0.25) is 0 Å². The van der Waals surface area contributed by atoms with E-state index in [0.29, 0.717) is 0 Å². The fourth-order valence-corrected chi connectivity index (χ4v) is 2.76. The van der Waals surface area contributed by atoms with Gasteiger partial charge in [-0.1, -0.05) is 6.07 Å². The summed E-state index contributed by atoms with van der Waals surface area (Å²) in [6.07, 6.45) is -15.3. The van der Waals surface area contributed by atoms with Crippen LogP contribution in [0.1, 0.15) is 0 Å². The first-order chi connectivity index (χ1) is 16.7. The van der Waals surface area contributed by atoms with E-state index >= 15 is 0 Å². The minimum absolute atomic E-state index is 0. The molecule has 0 spiro atoms. The molecule has 228 valence electrons. The standard InChI is InChI=1S/C15H5F19O4S.Na/c16-7(17,8(18,19)10(22,23)12(26,27)14(30,31)32)9(20,21)11(24,25)13(28,29)15(33,34)38-5-2-1-3-6(4-5)39(35,36)37;/h1-4H,(H,35,36,37);/q;+1/p-1. The predicted molar refractivity (Wildman–Crippen MR) is 80.7 cm³/mol. The molecular formula is C15H4F19NaO4S. The zero-order valence-electron chi connectivity index (χ0n) is 18.0. The number of hydrogen-bond donors (Lipinski definition) is 0. The third-order valence-corrected chi connectivity index (χ3v) is 5.26. The predicted octanol–water partition coefficient (Wildman–Crippen LogP) is 3.58. The van der Waals surface area contributed by atoms with Gasteiger partial charge in [0.15, 0.2) is 0 Å². The van der Waals surface area contributed by atoms with E-state index in [-0.39, 0.29) is 47.8 Å². The molecule has 1 aromatic rings. The molecule has 0 N–H and O–H groups in total. The van der Waals surface area contributed by atoms with Gasteiger partial charge >= 0.3 is 83.3 Å². The summed E-state index contributed by atoms with van der Waals surface area (Å²) in [6, 6.07) is -0.158. The van der Waals surface area contributed by atoms with Gasteiger partial charge in [0.1, 0.15) is 15.9 Å². The molecule has 0 atom stereocenters. The van der Waals surface area contributed by atoms with Crippen molar-refractivity contribution in [1.29, 1.82) is 0 Å². The van der Waals surface area contributed by atoms with Crippen molar-refractivity contribution >= 4 is 10.1 Å². The molecule has 0 radical (unpaired) electrons. The summed E-state index contributed by atoms with van der Waals surface area (Å²) in [4.78, 5) is -1.66. The molecule has 0 aromatic heterocycles. The molecule has 0 bridgehead atoms. The van der Waals surface area contributed by atoms with E-state index in [1.807, 2.05) is 0 Å². The Morgan fingerprint density at radius 1 is 0.550 bits per heavy atom. The summed E-state index contributed by atoms with van der Waals surface area (Å²) < 4.78 is 286. The fraction of sp³-hybridized carbons (Fsp3) is 0.600. The summed E-state index contributed by atoms with van der Waals surface area (Å²) in [6.45, 7) is 0. The SMILES string of the molecule is O=S(=O)([O-])c1cccc(OC(F)(F)C(F)(F)C(F)(F)C(F)(F)C(F)(F)C(F)(F)C(F)(F)C(F)(F)C(F)(F)F)c1.[Na+]. The molecule has 4 nitrogen and oxygen atoms in total. The van der Waals surface area contributed by atoms with Crippen LogP contribution in [-0.4, -0.2) is 66.7 Å². The van der Waals surface area contributed by atoms with E-state index in [4.69, 9.17) is 0 Å². The largest absolute Gasteiger partial charge is 1.00 e. The topological polar surface area (TPSA) is 66.4 Å². The maximum Gasteiger partial charge on any atom is 1.00 e. The zero-order valence-corrected chi connectivity index (χ0v) is 20.8. The Balaban J connectivity index is 0.0000152. The second-order valence-corrected chi connectivity index (χ2v) is 8.45. The zero-order chi connectivity index (χ0) is 31.7. The van der Waals surface area contributed by atoms with E-state index in [1.54, 1.807) is 0 Å². The van der Waals surface area contributed by atoms with Gasteiger partial charge in [-0.25, -0.2) is 8.42 Å². The molecule has 1 rings (SSSR count). The molecule has 0 amide bonds. The third-order valence-electron chi connectivity index (χ3n) is 4.43. The molecule has 0 aliphatic rings. The van der Waals surface area contributed by atoms with Crippen molar-refractivity contribution in [1.82, 2.24) is 0 Å². The van der Waals surface area contributed by atoms with Crippen LogP contribution in [0.2, 0.25) is 0 Å². The van der Waals surface area contributed by atoms with Crippen LogP contribution in [0.4, 0.5) is 83.4 Å². The number of halogens is 19. The Hall–Kier alpha value is -1.40. The third kappa shape index (κ3) is 5.53. The van der Waals surface area contributed by atoms with Gasteiger partial charge in [0.25, 0.3) is 0 Å². The second-order valence-electron chi connectivity index (χ2n) is 7.07. The van der Waals surface area contributed by atoms with E-state index in [1.165, 1.54) is 0 Å². The average Bonchev–Trinajstić information content (AvgIpc) is 2.71. The minimum Gasteiger partial charge on any atom is -0.744 e. The van der Waals surface area contributed by atoms with Gasteiger partial charge in [0, 0.05) is 0 Å². The van der Waals surface area contributed by atoms with E-state index < -0.39 is 80.6 Å². The van der Waals surface area contributed by atoms with Gasteiger partial charge in [-0.3, -0.25) is 0 Å². The first-order valence-corrected chi connectivity index (χ1v) is 9.93. The number of rotatable bonds is 10. The van der Waals surface area contributed by atoms with Crippen LogP contribution in [0.15, 0.2) is 29.2 Å². The summed E-state index contributed by atoms with van der Waals surface area (Å²) >= 11 is 0. The number of benzene rings is 1. The smallest absolute Gasteiger partial charge is 0.744 e. The van der Waals surface area contributed by atoms with Crippen molar-refractivity contribution in [2.24, 2.45) is 0 Å². The fourth-order valence-electron chi connectivity index (χ4n) is 2.25. The van der Waals surface area contributed by atoms with Crippen molar-refractivity contribution in [3.05, 3.63) is 24.3 Å². The Labute approximate surface area is 229 Å². The van der Waals surface area contributed by atoms with Crippen molar-refractivity contribution in [2.45, 2.75) is 58.6 Å². The van der Waals surface area contributed by atoms with Crippen LogP contribution in [-0.2, 0) is 10.1 Å². The molecule has 25 heteroatoms. The Morgan fingerprint density at radius 2 is 0.875 bits per heavy atom. The molecule has 0 saturated heterocycles. The summed E-state index contributed by atoms with van der Waals surface area (Å²) in [5.74, 6) is -63.5. The molecular weight excluding hydrogens is 660 g/mol.